The van der Waals surface area contributed by atoms with E-state index in [1.54, 1.807) is 62.0 Å². The molecule has 0 saturated carbocycles. The lowest BCUT2D eigenvalue weighted by Gasteiger charge is -2.18. The molecule has 0 fully saturated rings. The summed E-state index contributed by atoms with van der Waals surface area (Å²) in [6.45, 7) is 7.49. The summed E-state index contributed by atoms with van der Waals surface area (Å²) < 4.78 is 5.45. The molecule has 0 aliphatic carbocycles. The van der Waals surface area contributed by atoms with E-state index < -0.39 is 0 Å². The maximum absolute atomic E-state index is 12.6. The number of anilines is 2. The Morgan fingerprint density at radius 3 is 2.53 bits per heavy atom. The molecule has 0 atom stereocenters. The topological polar surface area (TPSA) is 99.6 Å². The summed E-state index contributed by atoms with van der Waals surface area (Å²) in [7, 11) is 1.57. The van der Waals surface area contributed by atoms with Gasteiger partial charge in [-0.25, -0.2) is 4.98 Å². The SMILES string of the molecule is CCN(CC)CCNC(=O)c1ccc(OC)c(Nc2cncc(-c3ccc(O)cc3)n2)c1. The molecule has 0 aliphatic heterocycles. The number of hydrogen-bond donors (Lipinski definition) is 3. The smallest absolute Gasteiger partial charge is 0.251 e. The first-order valence-electron chi connectivity index (χ1n) is 10.6. The summed E-state index contributed by atoms with van der Waals surface area (Å²) in [5, 5.41) is 15.7. The van der Waals surface area contributed by atoms with Crippen molar-refractivity contribution in [1.82, 2.24) is 20.2 Å². The molecule has 0 radical (unpaired) electrons. The van der Waals surface area contributed by atoms with Crippen LogP contribution in [0.5, 0.6) is 11.5 Å². The van der Waals surface area contributed by atoms with Crippen LogP contribution in [0.1, 0.15) is 24.2 Å². The van der Waals surface area contributed by atoms with Gasteiger partial charge in [-0.05, 0) is 55.6 Å². The Bertz CT molecular complexity index is 1040. The normalized spacial score (nSPS) is 10.8. The quantitative estimate of drug-likeness (QED) is 0.447. The molecule has 0 unspecified atom stereocenters. The van der Waals surface area contributed by atoms with Gasteiger partial charge < -0.3 is 25.4 Å². The van der Waals surface area contributed by atoms with E-state index in [2.05, 4.69) is 39.3 Å². The Kier molecular flexibility index (Phi) is 7.99. The van der Waals surface area contributed by atoms with Crippen LogP contribution in [0.2, 0.25) is 0 Å². The number of amides is 1. The zero-order valence-electron chi connectivity index (χ0n) is 18.6. The molecule has 0 aliphatic rings. The number of ether oxygens (including phenoxy) is 1. The van der Waals surface area contributed by atoms with Gasteiger partial charge in [0.25, 0.3) is 5.91 Å². The van der Waals surface area contributed by atoms with Crippen LogP contribution in [0.15, 0.2) is 54.9 Å². The van der Waals surface area contributed by atoms with E-state index in [0.717, 1.165) is 25.2 Å². The van der Waals surface area contributed by atoms with Gasteiger partial charge in [0.05, 0.1) is 30.9 Å². The summed E-state index contributed by atoms with van der Waals surface area (Å²) in [6.07, 6.45) is 3.24. The van der Waals surface area contributed by atoms with Crippen LogP contribution < -0.4 is 15.4 Å². The van der Waals surface area contributed by atoms with Crippen molar-refractivity contribution in [1.29, 1.82) is 0 Å². The van der Waals surface area contributed by atoms with Crippen LogP contribution in [-0.2, 0) is 0 Å². The average molecular weight is 436 g/mol. The van der Waals surface area contributed by atoms with Crippen molar-refractivity contribution in [3.8, 4) is 22.8 Å². The van der Waals surface area contributed by atoms with E-state index in [0.29, 0.717) is 35.1 Å². The molecular formula is C24H29N5O3. The molecule has 3 N–H and O–H groups in total. The van der Waals surface area contributed by atoms with Crippen LogP contribution in [-0.4, -0.2) is 59.2 Å². The molecule has 0 spiro atoms. The first-order valence-corrected chi connectivity index (χ1v) is 10.6. The van der Waals surface area contributed by atoms with E-state index >= 15 is 0 Å². The van der Waals surface area contributed by atoms with Crippen LogP contribution >= 0.6 is 0 Å². The number of likely N-dealkylation sites (N-methyl/N-ethyl adjacent to an activating group) is 1. The van der Waals surface area contributed by atoms with Crippen molar-refractivity contribution in [2.24, 2.45) is 0 Å². The number of phenolic OH excluding ortho intramolecular Hbond substituents is 1. The number of aromatic hydroxyl groups is 1. The van der Waals surface area contributed by atoms with E-state index in [-0.39, 0.29) is 11.7 Å². The third-order valence-electron chi connectivity index (χ3n) is 5.13. The maximum atomic E-state index is 12.6. The molecule has 3 aromatic rings. The molecule has 0 bridgehead atoms. The van der Waals surface area contributed by atoms with Gasteiger partial charge in [0.1, 0.15) is 17.3 Å². The summed E-state index contributed by atoms with van der Waals surface area (Å²) in [6, 6.07) is 12.0. The molecule has 0 saturated heterocycles. The fourth-order valence-electron chi connectivity index (χ4n) is 3.25. The van der Waals surface area contributed by atoms with Crippen molar-refractivity contribution in [3.63, 3.8) is 0 Å². The van der Waals surface area contributed by atoms with E-state index in [1.165, 1.54) is 0 Å². The number of rotatable bonds is 10. The summed E-state index contributed by atoms with van der Waals surface area (Å²) in [5.74, 6) is 1.13. The number of aromatic nitrogens is 2. The van der Waals surface area contributed by atoms with Crippen LogP contribution in [0.25, 0.3) is 11.3 Å². The molecule has 2 aromatic carbocycles. The first-order chi connectivity index (χ1) is 15.5. The number of carbonyl (C=O) groups excluding carboxylic acids is 1. The minimum absolute atomic E-state index is 0.146. The molecule has 8 heteroatoms. The highest BCUT2D eigenvalue weighted by Gasteiger charge is 2.12. The van der Waals surface area contributed by atoms with Crippen molar-refractivity contribution >= 4 is 17.4 Å². The summed E-state index contributed by atoms with van der Waals surface area (Å²) in [5.41, 5.74) is 2.61. The van der Waals surface area contributed by atoms with E-state index in [9.17, 15) is 9.90 Å². The average Bonchev–Trinajstić information content (AvgIpc) is 2.82. The molecular weight excluding hydrogens is 406 g/mol. The molecule has 32 heavy (non-hydrogen) atoms. The maximum Gasteiger partial charge on any atom is 0.251 e. The van der Waals surface area contributed by atoms with Gasteiger partial charge in [0.15, 0.2) is 0 Å². The van der Waals surface area contributed by atoms with Gasteiger partial charge in [-0.2, -0.15) is 0 Å². The molecule has 8 nitrogen and oxygen atoms in total. The van der Waals surface area contributed by atoms with Crippen LogP contribution in [0.4, 0.5) is 11.5 Å². The minimum atomic E-state index is -0.146. The monoisotopic (exact) mass is 435 g/mol. The van der Waals surface area contributed by atoms with Crippen molar-refractivity contribution in [2.45, 2.75) is 13.8 Å². The van der Waals surface area contributed by atoms with Crippen LogP contribution in [0.3, 0.4) is 0 Å². The van der Waals surface area contributed by atoms with E-state index in [1.807, 2.05) is 0 Å². The molecule has 168 valence electrons. The predicted molar refractivity (Wildman–Crippen MR) is 126 cm³/mol. The number of methoxy groups -OCH3 is 1. The lowest BCUT2D eigenvalue weighted by molar-refractivity contribution is 0.0949. The second-order valence-corrected chi connectivity index (χ2v) is 7.16. The van der Waals surface area contributed by atoms with Crippen molar-refractivity contribution in [2.75, 3.05) is 38.6 Å². The fraction of sp³-hybridized carbons (Fsp3) is 0.292. The number of benzene rings is 2. The highest BCUT2D eigenvalue weighted by molar-refractivity contribution is 5.95. The highest BCUT2D eigenvalue weighted by Crippen LogP contribution is 2.29. The van der Waals surface area contributed by atoms with Gasteiger partial charge in [0.2, 0.25) is 0 Å². The first kappa shape index (κ1) is 23.0. The molecule has 1 aromatic heterocycles. The minimum Gasteiger partial charge on any atom is -0.508 e. The molecule has 1 amide bonds. The Labute approximate surface area is 188 Å². The van der Waals surface area contributed by atoms with Gasteiger partial charge in [-0.15, -0.1) is 0 Å². The van der Waals surface area contributed by atoms with Crippen molar-refractivity contribution < 1.29 is 14.6 Å². The van der Waals surface area contributed by atoms with Gasteiger partial charge in [-0.3, -0.25) is 9.78 Å². The van der Waals surface area contributed by atoms with Crippen LogP contribution in [0, 0.1) is 0 Å². The van der Waals surface area contributed by atoms with E-state index in [4.69, 9.17) is 4.74 Å². The molecule has 1 heterocycles. The predicted octanol–water partition coefficient (Wildman–Crippen LogP) is 3.67. The third-order valence-corrected chi connectivity index (χ3v) is 5.13. The second-order valence-electron chi connectivity index (χ2n) is 7.16. The Morgan fingerprint density at radius 2 is 1.84 bits per heavy atom. The summed E-state index contributed by atoms with van der Waals surface area (Å²) >= 11 is 0. The summed E-state index contributed by atoms with van der Waals surface area (Å²) in [4.78, 5) is 23.7. The molecule has 3 rings (SSSR count). The lowest BCUT2D eigenvalue weighted by Crippen LogP contribution is -2.34. The Morgan fingerprint density at radius 1 is 1.09 bits per heavy atom. The largest absolute Gasteiger partial charge is 0.508 e. The van der Waals surface area contributed by atoms with Crippen molar-refractivity contribution in [3.05, 3.63) is 60.4 Å². The van der Waals surface area contributed by atoms with Gasteiger partial charge in [0, 0.05) is 24.2 Å². The number of nitrogens with one attached hydrogen (secondary N) is 2. The second kappa shape index (κ2) is 11.1. The van der Waals surface area contributed by atoms with Gasteiger partial charge >= 0.3 is 0 Å². The fourth-order valence-corrected chi connectivity index (χ4v) is 3.25. The zero-order valence-corrected chi connectivity index (χ0v) is 18.6. The number of hydrogen-bond acceptors (Lipinski definition) is 7. The highest BCUT2D eigenvalue weighted by atomic mass is 16.5. The lowest BCUT2D eigenvalue weighted by atomic mass is 10.1. The number of carbonyl (C=O) groups is 1. The standard InChI is InChI=1S/C24H29N5O3/c1-4-29(5-2)13-12-26-24(31)18-8-11-22(32-3)20(14-18)27-23-16-25-15-21(28-23)17-6-9-19(30)10-7-17/h6-11,14-16,30H,4-5,12-13H2,1-3H3,(H,26,31)(H,27,28). The zero-order chi connectivity index (χ0) is 22.9. The van der Waals surface area contributed by atoms with Gasteiger partial charge in [-0.1, -0.05) is 13.8 Å². The number of phenols is 1. The number of nitrogens with zero attached hydrogens (tertiary/aromatic N) is 3. The Balaban J connectivity index is 1.75. The third kappa shape index (κ3) is 5.95. The Hall–Kier alpha value is -3.65.